The first-order chi connectivity index (χ1) is 15.0. The zero-order chi connectivity index (χ0) is 22.6. The first kappa shape index (κ1) is 24.9. The second-order valence-corrected chi connectivity index (χ2v) is 8.93. The van der Waals surface area contributed by atoms with Crippen molar-refractivity contribution in [1.29, 1.82) is 0 Å². The number of carboxylic acids is 1. The Morgan fingerprint density at radius 2 is 1.68 bits per heavy atom. The zero-order valence-corrected chi connectivity index (χ0v) is 19.4. The number of nitrogens with zero attached hydrogens (tertiary/aromatic N) is 1. The molecule has 1 aromatic heterocycles. The van der Waals surface area contributed by atoms with Gasteiger partial charge in [0, 0.05) is 24.2 Å². The molecule has 2 aromatic rings. The maximum absolute atomic E-state index is 13.3. The van der Waals surface area contributed by atoms with Crippen molar-refractivity contribution < 1.29 is 19.5 Å². The Morgan fingerprint density at radius 3 is 2.26 bits per heavy atom. The number of rotatable bonds is 14. The van der Waals surface area contributed by atoms with Gasteiger partial charge in [-0.15, -0.1) is 11.3 Å². The molecule has 1 heterocycles. The molecule has 0 spiro atoms. The highest BCUT2D eigenvalue weighted by Crippen LogP contribution is 2.25. The molecule has 0 radical (unpaired) electrons. The van der Waals surface area contributed by atoms with Crippen molar-refractivity contribution >= 4 is 39.2 Å². The number of carbonyl (C=O) groups is 3. The van der Waals surface area contributed by atoms with Gasteiger partial charge in [0.1, 0.15) is 6.04 Å². The van der Waals surface area contributed by atoms with E-state index >= 15 is 0 Å². The van der Waals surface area contributed by atoms with E-state index in [0.29, 0.717) is 18.0 Å². The Kier molecular flexibility index (Phi) is 10.5. The van der Waals surface area contributed by atoms with Crippen molar-refractivity contribution in [2.24, 2.45) is 0 Å². The molecule has 2 rings (SSSR count). The van der Waals surface area contributed by atoms with Crippen LogP contribution in [0.15, 0.2) is 30.3 Å². The van der Waals surface area contributed by atoms with Crippen LogP contribution in [-0.2, 0) is 9.59 Å². The number of carboxylic acid groups (broad SMARTS) is 1. The van der Waals surface area contributed by atoms with E-state index in [4.69, 9.17) is 5.11 Å². The highest BCUT2D eigenvalue weighted by Gasteiger charge is 2.27. The number of unbranched alkanes of at least 4 members (excludes halogenated alkanes) is 4. The molecule has 0 aliphatic carbocycles. The van der Waals surface area contributed by atoms with Crippen molar-refractivity contribution in [1.82, 2.24) is 10.2 Å². The monoisotopic (exact) mass is 446 g/mol. The molecule has 0 unspecified atom stereocenters. The lowest BCUT2D eigenvalue weighted by Gasteiger charge is -2.28. The summed E-state index contributed by atoms with van der Waals surface area (Å²) in [5.74, 6) is -1.48. The number of thiophene rings is 1. The van der Waals surface area contributed by atoms with Gasteiger partial charge in [-0.2, -0.15) is 0 Å². The molecular weight excluding hydrogens is 412 g/mol. The van der Waals surface area contributed by atoms with Crippen LogP contribution in [0.25, 0.3) is 10.1 Å². The van der Waals surface area contributed by atoms with E-state index in [1.165, 1.54) is 11.3 Å². The van der Waals surface area contributed by atoms with Gasteiger partial charge in [-0.1, -0.05) is 57.7 Å². The van der Waals surface area contributed by atoms with E-state index in [-0.39, 0.29) is 24.7 Å². The number of benzene rings is 1. The number of aliphatic carboxylic acids is 1. The Morgan fingerprint density at radius 1 is 1.03 bits per heavy atom. The van der Waals surface area contributed by atoms with Crippen LogP contribution in [0, 0.1) is 0 Å². The summed E-state index contributed by atoms with van der Waals surface area (Å²) < 4.78 is 1.00. The van der Waals surface area contributed by atoms with Gasteiger partial charge in [0.15, 0.2) is 0 Å². The van der Waals surface area contributed by atoms with Gasteiger partial charge >= 0.3 is 5.97 Å². The van der Waals surface area contributed by atoms with Crippen LogP contribution in [0.1, 0.15) is 74.9 Å². The molecule has 2 N–H and O–H groups in total. The highest BCUT2D eigenvalue weighted by molar-refractivity contribution is 7.20. The molecule has 0 fully saturated rings. The van der Waals surface area contributed by atoms with E-state index in [1.807, 2.05) is 35.2 Å². The lowest BCUT2D eigenvalue weighted by atomic mass is 10.1. The summed E-state index contributed by atoms with van der Waals surface area (Å²) in [5.41, 5.74) is 0. The summed E-state index contributed by atoms with van der Waals surface area (Å²) in [4.78, 5) is 39.7. The van der Waals surface area contributed by atoms with Gasteiger partial charge in [0.05, 0.1) is 4.88 Å². The van der Waals surface area contributed by atoms with Gasteiger partial charge in [0.25, 0.3) is 5.91 Å². The van der Waals surface area contributed by atoms with Crippen molar-refractivity contribution in [3.63, 3.8) is 0 Å². The molecule has 0 saturated heterocycles. The number of hydrogen-bond donors (Lipinski definition) is 2. The fourth-order valence-corrected chi connectivity index (χ4v) is 4.47. The van der Waals surface area contributed by atoms with Crippen molar-refractivity contribution in [3.8, 4) is 0 Å². The fraction of sp³-hybridized carbons (Fsp3) is 0.542. The summed E-state index contributed by atoms with van der Waals surface area (Å²) in [5, 5.41) is 12.9. The number of nitrogens with one attached hydrogen (secondary N) is 1. The molecular formula is C24H34N2O4S. The summed E-state index contributed by atoms with van der Waals surface area (Å²) >= 11 is 1.37. The minimum absolute atomic E-state index is 0.0862. The normalized spacial score (nSPS) is 11.9. The average molecular weight is 447 g/mol. The highest BCUT2D eigenvalue weighted by atomic mass is 32.1. The Bertz CT molecular complexity index is 821. The summed E-state index contributed by atoms with van der Waals surface area (Å²) in [7, 11) is 0. The Labute approximate surface area is 188 Å². The summed E-state index contributed by atoms with van der Waals surface area (Å²) in [6, 6.07) is 8.71. The number of carbonyl (C=O) groups excluding carboxylic acids is 2. The fourth-order valence-electron chi connectivity index (χ4n) is 3.51. The van der Waals surface area contributed by atoms with Gasteiger partial charge in [-0.25, -0.2) is 0 Å². The third-order valence-electron chi connectivity index (χ3n) is 5.27. The van der Waals surface area contributed by atoms with E-state index < -0.39 is 12.0 Å². The molecule has 170 valence electrons. The molecule has 0 aliphatic rings. The molecule has 1 aromatic carbocycles. The van der Waals surface area contributed by atoms with Crippen molar-refractivity contribution in [2.45, 2.75) is 71.3 Å². The van der Waals surface area contributed by atoms with Crippen LogP contribution in [0.4, 0.5) is 0 Å². The van der Waals surface area contributed by atoms with Gasteiger partial charge in [0.2, 0.25) is 5.91 Å². The third-order valence-corrected chi connectivity index (χ3v) is 6.39. The number of hydrogen-bond acceptors (Lipinski definition) is 4. The third kappa shape index (κ3) is 7.98. The molecule has 31 heavy (non-hydrogen) atoms. The van der Waals surface area contributed by atoms with Gasteiger partial charge < -0.3 is 15.3 Å². The Balaban J connectivity index is 2.15. The molecule has 2 amide bonds. The van der Waals surface area contributed by atoms with Crippen molar-refractivity contribution in [2.75, 3.05) is 13.1 Å². The van der Waals surface area contributed by atoms with Gasteiger partial charge in [-0.3, -0.25) is 14.4 Å². The summed E-state index contributed by atoms with van der Waals surface area (Å²) in [6.07, 6.45) is 5.92. The maximum atomic E-state index is 13.3. The number of fused-ring (bicyclic) bond motifs is 1. The topological polar surface area (TPSA) is 86.7 Å². The molecule has 7 heteroatoms. The predicted molar refractivity (Wildman–Crippen MR) is 126 cm³/mol. The lowest BCUT2D eigenvalue weighted by Crippen LogP contribution is -2.49. The molecule has 0 aliphatic heterocycles. The first-order valence-corrected chi connectivity index (χ1v) is 12.1. The smallest absolute Gasteiger partial charge is 0.303 e. The van der Waals surface area contributed by atoms with Crippen LogP contribution in [0.3, 0.4) is 0 Å². The second kappa shape index (κ2) is 13.1. The zero-order valence-electron chi connectivity index (χ0n) is 18.6. The average Bonchev–Trinajstić information content (AvgIpc) is 3.19. The van der Waals surface area contributed by atoms with E-state index in [2.05, 4.69) is 19.2 Å². The minimum atomic E-state index is -0.975. The molecule has 0 bridgehead atoms. The Hall–Kier alpha value is -2.41. The van der Waals surface area contributed by atoms with Crippen LogP contribution >= 0.6 is 11.3 Å². The largest absolute Gasteiger partial charge is 0.481 e. The molecule has 1 atom stereocenters. The maximum Gasteiger partial charge on any atom is 0.303 e. The lowest BCUT2D eigenvalue weighted by molar-refractivity contribution is -0.138. The van der Waals surface area contributed by atoms with Crippen LogP contribution in [0.2, 0.25) is 0 Å². The SMILES string of the molecule is CCCCCN(CCCCC)C(=O)[C@@H](CCC(=O)O)NC(=O)c1cc2ccccc2s1. The first-order valence-electron chi connectivity index (χ1n) is 11.3. The summed E-state index contributed by atoms with van der Waals surface area (Å²) in [6.45, 7) is 5.51. The quantitative estimate of drug-likeness (QED) is 0.397. The van der Waals surface area contributed by atoms with E-state index in [1.54, 1.807) is 0 Å². The number of amides is 2. The van der Waals surface area contributed by atoms with Crippen LogP contribution < -0.4 is 5.32 Å². The van der Waals surface area contributed by atoms with Gasteiger partial charge in [-0.05, 0) is 36.8 Å². The molecule has 6 nitrogen and oxygen atoms in total. The van der Waals surface area contributed by atoms with E-state index in [9.17, 15) is 14.4 Å². The van der Waals surface area contributed by atoms with Crippen molar-refractivity contribution in [3.05, 3.63) is 35.2 Å². The predicted octanol–water partition coefficient (Wildman–Crippen LogP) is 5.07. The van der Waals surface area contributed by atoms with E-state index in [0.717, 1.165) is 48.6 Å². The second-order valence-electron chi connectivity index (χ2n) is 7.85. The standard InChI is InChI=1S/C24H34N2O4S/c1-3-5-9-15-26(16-10-6-4-2)24(30)19(13-14-22(27)28)25-23(29)21-17-18-11-7-8-12-20(18)31-21/h7-8,11-12,17,19H,3-6,9-10,13-16H2,1-2H3,(H,25,29)(H,27,28)/t19-/m1/s1. The molecule has 0 saturated carbocycles. The minimum Gasteiger partial charge on any atom is -0.481 e. The van der Waals surface area contributed by atoms with Crippen LogP contribution in [-0.4, -0.2) is 46.9 Å². The van der Waals surface area contributed by atoms with Crippen LogP contribution in [0.5, 0.6) is 0 Å².